The van der Waals surface area contributed by atoms with Gasteiger partial charge >= 0.3 is 0 Å². The van der Waals surface area contributed by atoms with Gasteiger partial charge in [0.05, 0.1) is 16.7 Å². The fourth-order valence-corrected chi connectivity index (χ4v) is 3.38. The monoisotopic (exact) mass is 352 g/mol. The summed E-state index contributed by atoms with van der Waals surface area (Å²) in [4.78, 5) is 3.23. The molecule has 1 aromatic heterocycles. The van der Waals surface area contributed by atoms with Crippen molar-refractivity contribution < 1.29 is 0 Å². The molecule has 0 aliphatic carbocycles. The highest BCUT2D eigenvalue weighted by atomic mass is 79.9. The smallest absolute Gasteiger partial charge is 0.182 e. The van der Waals surface area contributed by atoms with E-state index in [1.165, 1.54) is 5.56 Å². The first-order chi connectivity index (χ1) is 9.08. The summed E-state index contributed by atoms with van der Waals surface area (Å²) in [7, 11) is 0. The molecule has 0 bridgehead atoms. The SMILES string of the molecule is Cc1cccc2[nH]c(=S)n(-c3ccc(Cl)cc3Br)c12. The number of nitrogens with one attached hydrogen (secondary N) is 1. The molecule has 5 heteroatoms. The Morgan fingerprint density at radius 3 is 2.79 bits per heavy atom. The highest BCUT2D eigenvalue weighted by molar-refractivity contribution is 9.10. The Morgan fingerprint density at radius 1 is 1.26 bits per heavy atom. The summed E-state index contributed by atoms with van der Waals surface area (Å²) in [5.74, 6) is 0. The topological polar surface area (TPSA) is 20.7 Å². The summed E-state index contributed by atoms with van der Waals surface area (Å²) in [6.07, 6.45) is 0. The van der Waals surface area contributed by atoms with Gasteiger partial charge in [-0.05, 0) is 64.9 Å². The Balaban J connectivity index is 2.42. The third kappa shape index (κ3) is 2.14. The molecule has 96 valence electrons. The summed E-state index contributed by atoms with van der Waals surface area (Å²) in [6.45, 7) is 2.07. The summed E-state index contributed by atoms with van der Waals surface area (Å²) in [5.41, 5.74) is 4.28. The lowest BCUT2D eigenvalue weighted by atomic mass is 10.2. The van der Waals surface area contributed by atoms with Crippen LogP contribution in [-0.4, -0.2) is 9.55 Å². The van der Waals surface area contributed by atoms with E-state index in [-0.39, 0.29) is 0 Å². The maximum atomic E-state index is 5.99. The van der Waals surface area contributed by atoms with Gasteiger partial charge in [-0.25, -0.2) is 0 Å². The van der Waals surface area contributed by atoms with Crippen LogP contribution in [0.1, 0.15) is 5.56 Å². The van der Waals surface area contributed by atoms with E-state index in [0.29, 0.717) is 9.79 Å². The van der Waals surface area contributed by atoms with Gasteiger partial charge in [-0.2, -0.15) is 0 Å². The van der Waals surface area contributed by atoms with E-state index in [4.69, 9.17) is 23.8 Å². The number of hydrogen-bond acceptors (Lipinski definition) is 1. The first-order valence-electron chi connectivity index (χ1n) is 5.73. The standard InChI is InChI=1S/C14H10BrClN2S/c1-8-3-2-4-11-13(8)18(14(19)17-11)12-6-5-9(16)7-10(12)15/h2-7H,1H3,(H,17,19). The van der Waals surface area contributed by atoms with Gasteiger partial charge in [0, 0.05) is 9.50 Å². The lowest BCUT2D eigenvalue weighted by molar-refractivity contribution is 1.05. The molecule has 1 heterocycles. The molecule has 0 fully saturated rings. The predicted octanol–water partition coefficient (Wildman–Crippen LogP) is 5.41. The van der Waals surface area contributed by atoms with Gasteiger partial charge in [0.2, 0.25) is 0 Å². The second kappa shape index (κ2) is 4.78. The van der Waals surface area contributed by atoms with Crippen LogP contribution in [0.4, 0.5) is 0 Å². The van der Waals surface area contributed by atoms with E-state index in [9.17, 15) is 0 Å². The molecule has 0 amide bonds. The molecule has 2 aromatic carbocycles. The van der Waals surface area contributed by atoms with Gasteiger partial charge in [-0.1, -0.05) is 23.7 Å². The van der Waals surface area contributed by atoms with E-state index in [1.54, 1.807) is 0 Å². The minimum absolute atomic E-state index is 0.673. The average molecular weight is 354 g/mol. The van der Waals surface area contributed by atoms with Gasteiger partial charge in [-0.15, -0.1) is 0 Å². The predicted molar refractivity (Wildman–Crippen MR) is 85.9 cm³/mol. The minimum Gasteiger partial charge on any atom is -0.330 e. The van der Waals surface area contributed by atoms with Crippen LogP contribution in [0.25, 0.3) is 16.7 Å². The number of nitrogens with zero attached hydrogens (tertiary/aromatic N) is 1. The van der Waals surface area contributed by atoms with E-state index in [2.05, 4.69) is 33.9 Å². The third-order valence-electron chi connectivity index (χ3n) is 3.06. The fraction of sp³-hybridized carbons (Fsp3) is 0.0714. The number of rotatable bonds is 1. The Morgan fingerprint density at radius 2 is 2.05 bits per heavy atom. The summed E-state index contributed by atoms with van der Waals surface area (Å²) in [6, 6.07) is 11.8. The van der Waals surface area contributed by atoms with E-state index in [1.807, 2.05) is 34.9 Å². The number of fused-ring (bicyclic) bond motifs is 1. The van der Waals surface area contributed by atoms with Crippen LogP contribution in [0, 0.1) is 11.7 Å². The summed E-state index contributed by atoms with van der Waals surface area (Å²) < 4.78 is 3.62. The van der Waals surface area contributed by atoms with Crippen molar-refractivity contribution >= 4 is 50.8 Å². The van der Waals surface area contributed by atoms with Gasteiger partial charge in [0.1, 0.15) is 0 Å². The maximum Gasteiger partial charge on any atom is 0.182 e. The zero-order chi connectivity index (χ0) is 13.6. The molecule has 0 saturated carbocycles. The van der Waals surface area contributed by atoms with Crippen molar-refractivity contribution in [2.24, 2.45) is 0 Å². The van der Waals surface area contributed by atoms with Crippen molar-refractivity contribution in [3.05, 3.63) is 56.2 Å². The number of para-hydroxylation sites is 1. The van der Waals surface area contributed by atoms with Crippen molar-refractivity contribution in [2.75, 3.05) is 0 Å². The van der Waals surface area contributed by atoms with Crippen molar-refractivity contribution in [2.45, 2.75) is 6.92 Å². The molecule has 19 heavy (non-hydrogen) atoms. The molecule has 0 saturated heterocycles. The van der Waals surface area contributed by atoms with Crippen LogP contribution in [0.15, 0.2) is 40.9 Å². The molecule has 0 atom stereocenters. The zero-order valence-electron chi connectivity index (χ0n) is 10.1. The molecule has 0 aliphatic heterocycles. The fourth-order valence-electron chi connectivity index (χ4n) is 2.22. The quantitative estimate of drug-likeness (QED) is 0.580. The van der Waals surface area contributed by atoms with Gasteiger partial charge in [0.15, 0.2) is 4.77 Å². The van der Waals surface area contributed by atoms with Crippen molar-refractivity contribution in [1.82, 2.24) is 9.55 Å². The first-order valence-corrected chi connectivity index (χ1v) is 7.31. The highest BCUT2D eigenvalue weighted by Crippen LogP contribution is 2.29. The maximum absolute atomic E-state index is 5.99. The van der Waals surface area contributed by atoms with Crippen LogP contribution in [0.3, 0.4) is 0 Å². The highest BCUT2D eigenvalue weighted by Gasteiger charge is 2.11. The first kappa shape index (κ1) is 12.9. The van der Waals surface area contributed by atoms with Crippen molar-refractivity contribution in [3.8, 4) is 5.69 Å². The number of aromatic nitrogens is 2. The number of imidazole rings is 1. The van der Waals surface area contributed by atoms with E-state index in [0.717, 1.165) is 21.2 Å². The largest absolute Gasteiger partial charge is 0.330 e. The number of benzene rings is 2. The van der Waals surface area contributed by atoms with Gasteiger partial charge in [-0.3, -0.25) is 4.57 Å². The molecule has 1 N–H and O–H groups in total. The average Bonchev–Trinajstić information content (AvgIpc) is 2.67. The Labute approximate surface area is 129 Å². The molecule has 2 nitrogen and oxygen atoms in total. The second-order valence-electron chi connectivity index (χ2n) is 4.33. The number of H-pyrrole nitrogens is 1. The lowest BCUT2D eigenvalue weighted by Crippen LogP contribution is -1.96. The number of halogens is 2. The Kier molecular flexibility index (Phi) is 3.25. The molecular formula is C14H10BrClN2S. The molecule has 0 spiro atoms. The number of hydrogen-bond donors (Lipinski definition) is 1. The Hall–Kier alpha value is -1.10. The van der Waals surface area contributed by atoms with Gasteiger partial charge in [0.25, 0.3) is 0 Å². The minimum atomic E-state index is 0.673. The number of aromatic amines is 1. The Bertz CT molecular complexity index is 835. The summed E-state index contributed by atoms with van der Waals surface area (Å²) in [5, 5.41) is 0.693. The molecule has 0 radical (unpaired) electrons. The van der Waals surface area contributed by atoms with Crippen LogP contribution in [-0.2, 0) is 0 Å². The lowest BCUT2D eigenvalue weighted by Gasteiger charge is -2.09. The van der Waals surface area contributed by atoms with Crippen LogP contribution >= 0.6 is 39.7 Å². The third-order valence-corrected chi connectivity index (χ3v) is 4.21. The van der Waals surface area contributed by atoms with Crippen LogP contribution < -0.4 is 0 Å². The molecular weight excluding hydrogens is 344 g/mol. The van der Waals surface area contributed by atoms with Crippen LogP contribution in [0.2, 0.25) is 5.02 Å². The molecule has 0 aliphatic rings. The molecule has 3 aromatic rings. The molecule has 0 unspecified atom stereocenters. The summed E-state index contributed by atoms with van der Waals surface area (Å²) >= 11 is 15.0. The van der Waals surface area contributed by atoms with Crippen LogP contribution in [0.5, 0.6) is 0 Å². The zero-order valence-corrected chi connectivity index (χ0v) is 13.2. The molecule has 3 rings (SSSR count). The number of aryl methyl sites for hydroxylation is 1. The normalized spacial score (nSPS) is 11.1. The van der Waals surface area contributed by atoms with Gasteiger partial charge < -0.3 is 4.98 Å². The van der Waals surface area contributed by atoms with Crippen molar-refractivity contribution in [3.63, 3.8) is 0 Å². The van der Waals surface area contributed by atoms with E-state index >= 15 is 0 Å². The van der Waals surface area contributed by atoms with Crippen molar-refractivity contribution in [1.29, 1.82) is 0 Å². The van der Waals surface area contributed by atoms with E-state index < -0.39 is 0 Å². The second-order valence-corrected chi connectivity index (χ2v) is 6.01.